The fraction of sp³-hybridized carbons (Fsp3) is 0.368. The number of para-hydroxylation sites is 2. The van der Waals surface area contributed by atoms with Crippen LogP contribution in [0, 0.1) is 0 Å². The molecule has 6 nitrogen and oxygen atoms in total. The van der Waals surface area contributed by atoms with E-state index in [4.69, 9.17) is 4.74 Å². The molecular formula is C19H24N4O2. The van der Waals surface area contributed by atoms with Gasteiger partial charge in [-0.25, -0.2) is 4.98 Å². The lowest BCUT2D eigenvalue weighted by Crippen LogP contribution is -2.47. The number of pyridine rings is 1. The second-order valence-corrected chi connectivity index (χ2v) is 6.08. The van der Waals surface area contributed by atoms with E-state index in [-0.39, 0.29) is 5.91 Å². The van der Waals surface area contributed by atoms with Crippen molar-refractivity contribution in [2.45, 2.75) is 6.92 Å². The average molecular weight is 340 g/mol. The summed E-state index contributed by atoms with van der Waals surface area (Å²) in [5.74, 6) is 0.789. The van der Waals surface area contributed by atoms with Crippen LogP contribution in [0.5, 0.6) is 5.75 Å². The average Bonchev–Trinajstić information content (AvgIpc) is 2.64. The highest BCUT2D eigenvalue weighted by molar-refractivity contribution is 5.92. The summed E-state index contributed by atoms with van der Waals surface area (Å²) >= 11 is 0. The second kappa shape index (κ2) is 7.98. The van der Waals surface area contributed by atoms with E-state index in [9.17, 15) is 4.79 Å². The molecule has 2 heterocycles. The lowest BCUT2D eigenvalue weighted by atomic mass is 10.2. The van der Waals surface area contributed by atoms with E-state index in [1.165, 1.54) is 0 Å². The van der Waals surface area contributed by atoms with Gasteiger partial charge in [0.15, 0.2) is 0 Å². The van der Waals surface area contributed by atoms with Crippen LogP contribution >= 0.6 is 0 Å². The molecule has 2 aromatic rings. The molecular weight excluding hydrogens is 316 g/mol. The van der Waals surface area contributed by atoms with Gasteiger partial charge in [0.1, 0.15) is 11.4 Å². The highest BCUT2D eigenvalue weighted by Crippen LogP contribution is 2.27. The Morgan fingerprint density at radius 1 is 1.16 bits per heavy atom. The minimum Gasteiger partial charge on any atom is -0.492 e. The predicted molar refractivity (Wildman–Crippen MR) is 98.5 cm³/mol. The van der Waals surface area contributed by atoms with Gasteiger partial charge in [-0.3, -0.25) is 4.79 Å². The molecule has 1 N–H and O–H groups in total. The van der Waals surface area contributed by atoms with Crippen LogP contribution in [0.4, 0.5) is 11.4 Å². The minimum absolute atomic E-state index is 0.00522. The molecule has 1 saturated heterocycles. The van der Waals surface area contributed by atoms with E-state index in [2.05, 4.69) is 22.2 Å². The van der Waals surface area contributed by atoms with Gasteiger partial charge in [-0.05, 0) is 38.2 Å². The van der Waals surface area contributed by atoms with E-state index in [0.29, 0.717) is 12.3 Å². The zero-order valence-electron chi connectivity index (χ0n) is 14.7. The van der Waals surface area contributed by atoms with Crippen LogP contribution in [-0.2, 0) is 0 Å². The summed E-state index contributed by atoms with van der Waals surface area (Å²) in [6.45, 7) is 5.86. The molecule has 1 aromatic heterocycles. The molecule has 6 heteroatoms. The standard InChI is InChI=1S/C19H24N4O2/c1-3-25-18-7-5-4-6-16(18)21-15-8-9-17(20-14-15)19(24)23-12-10-22(2)11-13-23/h4-9,14,21H,3,10-13H2,1-2H3. The van der Waals surface area contributed by atoms with E-state index in [0.717, 1.165) is 43.3 Å². The van der Waals surface area contributed by atoms with Crippen LogP contribution in [0.15, 0.2) is 42.6 Å². The second-order valence-electron chi connectivity index (χ2n) is 6.08. The van der Waals surface area contributed by atoms with Gasteiger partial charge in [0.05, 0.1) is 24.2 Å². The number of anilines is 2. The summed E-state index contributed by atoms with van der Waals surface area (Å²) in [5, 5.41) is 3.29. The summed E-state index contributed by atoms with van der Waals surface area (Å²) in [6.07, 6.45) is 1.69. The number of aromatic nitrogens is 1. The van der Waals surface area contributed by atoms with Gasteiger partial charge in [-0.2, -0.15) is 0 Å². The molecule has 1 aliphatic heterocycles. The number of amides is 1. The minimum atomic E-state index is -0.00522. The van der Waals surface area contributed by atoms with Crippen LogP contribution in [0.1, 0.15) is 17.4 Å². The number of carbonyl (C=O) groups is 1. The lowest BCUT2D eigenvalue weighted by molar-refractivity contribution is 0.0658. The normalized spacial score (nSPS) is 15.0. The Hall–Kier alpha value is -2.60. The summed E-state index contributed by atoms with van der Waals surface area (Å²) < 4.78 is 5.61. The Kier molecular flexibility index (Phi) is 5.50. The van der Waals surface area contributed by atoms with Gasteiger partial charge >= 0.3 is 0 Å². The molecule has 0 bridgehead atoms. The van der Waals surface area contributed by atoms with E-state index < -0.39 is 0 Å². The Bertz CT molecular complexity index is 710. The number of carbonyl (C=O) groups excluding carboxylic acids is 1. The summed E-state index contributed by atoms with van der Waals surface area (Å²) in [5.41, 5.74) is 2.18. The molecule has 132 valence electrons. The molecule has 0 radical (unpaired) electrons. The molecule has 0 saturated carbocycles. The van der Waals surface area contributed by atoms with Crippen LogP contribution < -0.4 is 10.1 Å². The van der Waals surface area contributed by atoms with Crippen molar-refractivity contribution in [1.82, 2.24) is 14.8 Å². The van der Waals surface area contributed by atoms with Crippen LogP contribution in [0.3, 0.4) is 0 Å². The van der Waals surface area contributed by atoms with E-state index >= 15 is 0 Å². The van der Waals surface area contributed by atoms with Crippen molar-refractivity contribution in [3.8, 4) is 5.75 Å². The van der Waals surface area contributed by atoms with Gasteiger partial charge in [0.25, 0.3) is 5.91 Å². The van der Waals surface area contributed by atoms with Crippen molar-refractivity contribution >= 4 is 17.3 Å². The maximum atomic E-state index is 12.5. The Balaban J connectivity index is 1.67. The molecule has 1 fully saturated rings. The largest absolute Gasteiger partial charge is 0.492 e. The molecule has 1 aromatic carbocycles. The van der Waals surface area contributed by atoms with Gasteiger partial charge < -0.3 is 19.9 Å². The Morgan fingerprint density at radius 3 is 2.60 bits per heavy atom. The molecule has 0 atom stereocenters. The quantitative estimate of drug-likeness (QED) is 0.907. The number of nitrogens with zero attached hydrogens (tertiary/aromatic N) is 3. The number of hydrogen-bond acceptors (Lipinski definition) is 5. The third-order valence-corrected chi connectivity index (χ3v) is 4.24. The monoisotopic (exact) mass is 340 g/mol. The van der Waals surface area contributed by atoms with Crippen molar-refractivity contribution in [2.24, 2.45) is 0 Å². The van der Waals surface area contributed by atoms with Crippen LogP contribution in [0.25, 0.3) is 0 Å². The zero-order valence-corrected chi connectivity index (χ0v) is 14.7. The van der Waals surface area contributed by atoms with Crippen molar-refractivity contribution in [3.05, 3.63) is 48.3 Å². The Labute approximate surface area is 148 Å². The first-order chi connectivity index (χ1) is 12.2. The van der Waals surface area contributed by atoms with Gasteiger partial charge in [-0.15, -0.1) is 0 Å². The number of likely N-dealkylation sites (N-methyl/N-ethyl adjacent to an activating group) is 1. The van der Waals surface area contributed by atoms with Crippen molar-refractivity contribution in [1.29, 1.82) is 0 Å². The summed E-state index contributed by atoms with van der Waals surface area (Å²) in [6, 6.07) is 11.4. The summed E-state index contributed by atoms with van der Waals surface area (Å²) in [7, 11) is 2.07. The van der Waals surface area contributed by atoms with Crippen molar-refractivity contribution in [2.75, 3.05) is 45.2 Å². The predicted octanol–water partition coefficient (Wildman–Crippen LogP) is 2.61. The van der Waals surface area contributed by atoms with Crippen molar-refractivity contribution in [3.63, 3.8) is 0 Å². The lowest BCUT2D eigenvalue weighted by Gasteiger charge is -2.32. The first kappa shape index (κ1) is 17.2. The maximum Gasteiger partial charge on any atom is 0.272 e. The Morgan fingerprint density at radius 2 is 1.92 bits per heavy atom. The number of benzene rings is 1. The first-order valence-electron chi connectivity index (χ1n) is 8.60. The molecule has 1 aliphatic rings. The number of piperazine rings is 1. The van der Waals surface area contributed by atoms with Crippen molar-refractivity contribution < 1.29 is 9.53 Å². The van der Waals surface area contributed by atoms with Gasteiger partial charge in [-0.1, -0.05) is 12.1 Å². The molecule has 25 heavy (non-hydrogen) atoms. The molecule has 0 unspecified atom stereocenters. The highest BCUT2D eigenvalue weighted by Gasteiger charge is 2.21. The molecule has 0 spiro atoms. The molecule has 3 rings (SSSR count). The number of nitrogens with one attached hydrogen (secondary N) is 1. The number of ether oxygens (including phenoxy) is 1. The number of hydrogen-bond donors (Lipinski definition) is 1. The summed E-state index contributed by atoms with van der Waals surface area (Å²) in [4.78, 5) is 20.9. The zero-order chi connectivity index (χ0) is 17.6. The smallest absolute Gasteiger partial charge is 0.272 e. The topological polar surface area (TPSA) is 57.7 Å². The van der Waals surface area contributed by atoms with E-state index in [1.54, 1.807) is 12.3 Å². The SMILES string of the molecule is CCOc1ccccc1Nc1ccc(C(=O)N2CCN(C)CC2)nc1. The van der Waals surface area contributed by atoms with Crippen LogP contribution in [-0.4, -0.2) is 60.5 Å². The fourth-order valence-corrected chi connectivity index (χ4v) is 2.77. The van der Waals surface area contributed by atoms with Crippen LogP contribution in [0.2, 0.25) is 0 Å². The first-order valence-corrected chi connectivity index (χ1v) is 8.60. The van der Waals surface area contributed by atoms with E-state index in [1.807, 2.05) is 42.2 Å². The molecule has 0 aliphatic carbocycles. The highest BCUT2D eigenvalue weighted by atomic mass is 16.5. The fourth-order valence-electron chi connectivity index (χ4n) is 2.77. The third kappa shape index (κ3) is 4.28. The van der Waals surface area contributed by atoms with Gasteiger partial charge in [0.2, 0.25) is 0 Å². The molecule has 1 amide bonds. The number of rotatable bonds is 5. The maximum absolute atomic E-state index is 12.5. The third-order valence-electron chi connectivity index (χ3n) is 4.24. The van der Waals surface area contributed by atoms with Gasteiger partial charge in [0, 0.05) is 26.2 Å².